The largest absolute Gasteiger partial charge is 0.393 e. The van der Waals surface area contributed by atoms with Crippen molar-refractivity contribution in [3.63, 3.8) is 0 Å². The number of para-hydroxylation sites is 1. The molecule has 2 N–H and O–H groups in total. The highest BCUT2D eigenvalue weighted by atomic mass is 19.1. The molecule has 3 aromatic rings. The standard InChI is InChI=1S/C27H32FNO3/c1-17(2)26(32)16-22(31)15-21(30)13-14-25-27(19-9-11-20(28)12-10-19)23-7-5-6-8-24(23)29(25)18(3)4/h5-14,17-18,21-22,30-31H,15-16H2,1-4H3/b14-13+/t21-,22-/m1/s1. The molecule has 170 valence electrons. The second-order valence-corrected chi connectivity index (χ2v) is 8.89. The molecule has 0 fully saturated rings. The van der Waals surface area contributed by atoms with Gasteiger partial charge in [-0.15, -0.1) is 0 Å². The smallest absolute Gasteiger partial charge is 0.137 e. The van der Waals surface area contributed by atoms with Gasteiger partial charge in [-0.25, -0.2) is 4.39 Å². The summed E-state index contributed by atoms with van der Waals surface area (Å²) < 4.78 is 15.8. The third-order valence-electron chi connectivity index (χ3n) is 5.67. The van der Waals surface area contributed by atoms with Gasteiger partial charge in [-0.2, -0.15) is 0 Å². The molecule has 0 aliphatic rings. The van der Waals surface area contributed by atoms with Crippen molar-refractivity contribution in [1.82, 2.24) is 4.57 Å². The number of nitrogens with zero attached hydrogens (tertiary/aromatic N) is 1. The van der Waals surface area contributed by atoms with E-state index in [0.29, 0.717) is 0 Å². The molecule has 1 heterocycles. The molecule has 0 radical (unpaired) electrons. The van der Waals surface area contributed by atoms with E-state index in [1.807, 2.05) is 24.3 Å². The van der Waals surface area contributed by atoms with Crippen molar-refractivity contribution in [2.45, 2.75) is 58.8 Å². The van der Waals surface area contributed by atoms with Crippen molar-refractivity contribution >= 4 is 22.8 Å². The molecular formula is C27H32FNO3. The summed E-state index contributed by atoms with van der Waals surface area (Å²) in [7, 11) is 0. The van der Waals surface area contributed by atoms with Gasteiger partial charge < -0.3 is 14.8 Å². The third-order valence-corrected chi connectivity index (χ3v) is 5.67. The third kappa shape index (κ3) is 5.34. The van der Waals surface area contributed by atoms with Crippen LogP contribution >= 0.6 is 0 Å². The molecule has 2 aromatic carbocycles. The summed E-state index contributed by atoms with van der Waals surface area (Å²) in [5, 5.41) is 21.8. The van der Waals surface area contributed by atoms with Gasteiger partial charge in [0.1, 0.15) is 11.6 Å². The van der Waals surface area contributed by atoms with E-state index in [-0.39, 0.29) is 36.4 Å². The highest BCUT2D eigenvalue weighted by Gasteiger charge is 2.20. The van der Waals surface area contributed by atoms with Gasteiger partial charge in [-0.1, -0.05) is 50.3 Å². The average Bonchev–Trinajstić information content (AvgIpc) is 3.07. The first-order valence-electron chi connectivity index (χ1n) is 11.1. The maximum absolute atomic E-state index is 13.6. The minimum absolute atomic E-state index is 0.0211. The maximum atomic E-state index is 13.6. The molecule has 0 saturated heterocycles. The molecule has 0 aliphatic heterocycles. The van der Waals surface area contributed by atoms with Crippen LogP contribution in [-0.2, 0) is 4.79 Å². The van der Waals surface area contributed by atoms with Crippen LogP contribution in [0.5, 0.6) is 0 Å². The number of carbonyl (C=O) groups is 1. The molecule has 0 amide bonds. The van der Waals surface area contributed by atoms with E-state index in [1.54, 1.807) is 32.1 Å². The lowest BCUT2D eigenvalue weighted by Gasteiger charge is -2.15. The van der Waals surface area contributed by atoms with Crippen LogP contribution in [0.2, 0.25) is 0 Å². The second-order valence-electron chi connectivity index (χ2n) is 8.89. The number of halogens is 1. The van der Waals surface area contributed by atoms with Crippen molar-refractivity contribution in [3.05, 3.63) is 66.1 Å². The van der Waals surface area contributed by atoms with E-state index in [9.17, 15) is 19.4 Å². The van der Waals surface area contributed by atoms with Gasteiger partial charge in [-0.3, -0.25) is 4.79 Å². The summed E-state index contributed by atoms with van der Waals surface area (Å²) in [5.74, 6) is -0.455. The predicted octanol–water partition coefficient (Wildman–Crippen LogP) is 5.77. The Morgan fingerprint density at radius 3 is 2.31 bits per heavy atom. The lowest BCUT2D eigenvalue weighted by molar-refractivity contribution is -0.124. The number of rotatable bonds is 9. The second kappa shape index (κ2) is 10.2. The lowest BCUT2D eigenvalue weighted by Crippen LogP contribution is -2.21. The minimum atomic E-state index is -0.898. The van der Waals surface area contributed by atoms with Gasteiger partial charge in [0.25, 0.3) is 0 Å². The van der Waals surface area contributed by atoms with Crippen molar-refractivity contribution < 1.29 is 19.4 Å². The zero-order chi connectivity index (χ0) is 23.4. The highest BCUT2D eigenvalue weighted by Crippen LogP contribution is 2.38. The van der Waals surface area contributed by atoms with Crippen LogP contribution in [0.1, 0.15) is 52.3 Å². The van der Waals surface area contributed by atoms with Gasteiger partial charge in [0.15, 0.2) is 0 Å². The van der Waals surface area contributed by atoms with Crippen LogP contribution in [0.25, 0.3) is 28.1 Å². The molecule has 32 heavy (non-hydrogen) atoms. The number of benzene rings is 2. The zero-order valence-electron chi connectivity index (χ0n) is 19.1. The van der Waals surface area contributed by atoms with Crippen LogP contribution in [0, 0.1) is 11.7 Å². The van der Waals surface area contributed by atoms with Crippen LogP contribution in [-0.4, -0.2) is 32.8 Å². The van der Waals surface area contributed by atoms with Crippen LogP contribution in [0.3, 0.4) is 0 Å². The number of hydrogen-bond donors (Lipinski definition) is 2. The quantitative estimate of drug-likeness (QED) is 0.447. The normalized spacial score (nSPS) is 14.0. The molecule has 0 unspecified atom stereocenters. The van der Waals surface area contributed by atoms with Crippen molar-refractivity contribution in [2.75, 3.05) is 0 Å². The van der Waals surface area contributed by atoms with Crippen molar-refractivity contribution in [1.29, 1.82) is 0 Å². The Bertz CT molecular complexity index is 1100. The Balaban J connectivity index is 1.99. The van der Waals surface area contributed by atoms with E-state index < -0.39 is 12.2 Å². The number of Topliss-reactive ketones (excluding diaryl/α,β-unsaturated/α-hetero) is 1. The first-order valence-corrected chi connectivity index (χ1v) is 11.1. The molecule has 4 nitrogen and oxygen atoms in total. The van der Waals surface area contributed by atoms with Gasteiger partial charge in [0.2, 0.25) is 0 Å². The molecule has 0 saturated carbocycles. The zero-order valence-corrected chi connectivity index (χ0v) is 19.1. The summed E-state index contributed by atoms with van der Waals surface area (Å²) in [5.41, 5.74) is 3.81. The fourth-order valence-corrected chi connectivity index (χ4v) is 4.03. The number of aromatic nitrogens is 1. The van der Waals surface area contributed by atoms with Crippen LogP contribution in [0.4, 0.5) is 4.39 Å². The Morgan fingerprint density at radius 1 is 1.03 bits per heavy atom. The van der Waals surface area contributed by atoms with Gasteiger partial charge in [-0.05, 0) is 43.7 Å². The average molecular weight is 438 g/mol. The van der Waals surface area contributed by atoms with Crippen LogP contribution < -0.4 is 0 Å². The van der Waals surface area contributed by atoms with E-state index in [1.165, 1.54) is 12.1 Å². The Hall–Kier alpha value is -2.76. The van der Waals surface area contributed by atoms with E-state index in [4.69, 9.17) is 0 Å². The molecular weight excluding hydrogens is 405 g/mol. The fourth-order valence-electron chi connectivity index (χ4n) is 4.03. The fraction of sp³-hybridized carbons (Fsp3) is 0.370. The van der Waals surface area contributed by atoms with E-state index >= 15 is 0 Å². The van der Waals surface area contributed by atoms with E-state index in [0.717, 1.165) is 27.7 Å². The van der Waals surface area contributed by atoms with Crippen molar-refractivity contribution in [3.8, 4) is 11.1 Å². The summed E-state index contributed by atoms with van der Waals surface area (Å²) >= 11 is 0. The van der Waals surface area contributed by atoms with Gasteiger partial charge in [0.05, 0.1) is 12.2 Å². The Morgan fingerprint density at radius 2 is 1.69 bits per heavy atom. The molecule has 5 heteroatoms. The van der Waals surface area contributed by atoms with Crippen molar-refractivity contribution in [2.24, 2.45) is 5.92 Å². The first-order chi connectivity index (χ1) is 15.2. The van der Waals surface area contributed by atoms with Crippen LogP contribution in [0.15, 0.2) is 54.6 Å². The highest BCUT2D eigenvalue weighted by molar-refractivity contribution is 6.01. The molecule has 3 rings (SSSR count). The SMILES string of the molecule is CC(C)C(=O)C[C@H](O)C[C@H](O)/C=C/c1c(-c2ccc(F)cc2)c2ccccc2n1C(C)C. The molecule has 2 atom stereocenters. The molecule has 0 aliphatic carbocycles. The van der Waals surface area contributed by atoms with Gasteiger partial charge in [0, 0.05) is 47.0 Å². The maximum Gasteiger partial charge on any atom is 0.137 e. The summed E-state index contributed by atoms with van der Waals surface area (Å²) in [6, 6.07) is 14.6. The topological polar surface area (TPSA) is 62.5 Å². The monoisotopic (exact) mass is 437 g/mol. The van der Waals surface area contributed by atoms with E-state index in [2.05, 4.69) is 24.5 Å². The number of aliphatic hydroxyl groups is 2. The lowest BCUT2D eigenvalue weighted by atomic mass is 9.99. The number of ketones is 1. The molecule has 0 bridgehead atoms. The minimum Gasteiger partial charge on any atom is -0.393 e. The summed E-state index contributed by atoms with van der Waals surface area (Å²) in [6.45, 7) is 7.78. The number of fused-ring (bicyclic) bond motifs is 1. The number of carbonyl (C=O) groups excluding carboxylic acids is 1. The first kappa shape index (κ1) is 23.9. The van der Waals surface area contributed by atoms with Gasteiger partial charge >= 0.3 is 0 Å². The summed E-state index contributed by atoms with van der Waals surface area (Å²) in [4.78, 5) is 11.9. The molecule has 1 aromatic heterocycles. The predicted molar refractivity (Wildman–Crippen MR) is 128 cm³/mol. The Kier molecular flexibility index (Phi) is 7.64. The number of hydrogen-bond acceptors (Lipinski definition) is 3. The molecule has 0 spiro atoms. The summed E-state index contributed by atoms with van der Waals surface area (Å²) in [6.07, 6.45) is 1.85. The Labute approximate surface area is 189 Å². The number of aliphatic hydroxyl groups excluding tert-OH is 2.